The Morgan fingerprint density at radius 2 is 2.11 bits per heavy atom. The highest BCUT2D eigenvalue weighted by atomic mass is 32.1. The third-order valence-electron chi connectivity index (χ3n) is 2.35. The van der Waals surface area contributed by atoms with Gasteiger partial charge in [-0.15, -0.1) is 10.2 Å². The number of aromatic nitrogens is 2. The summed E-state index contributed by atoms with van der Waals surface area (Å²) in [6.07, 6.45) is 0.335. The SMILES string of the molecule is CCOCc1nnc(NC(=O)Cc2ccccc2)s1. The lowest BCUT2D eigenvalue weighted by atomic mass is 10.1. The minimum atomic E-state index is -0.0923. The molecule has 6 heteroatoms. The van der Waals surface area contributed by atoms with Crippen molar-refractivity contribution in [2.75, 3.05) is 11.9 Å². The Labute approximate surface area is 115 Å². The second-order valence-corrected chi connectivity index (χ2v) is 4.91. The number of carbonyl (C=O) groups excluding carboxylic acids is 1. The van der Waals surface area contributed by atoms with Crippen LogP contribution in [0.2, 0.25) is 0 Å². The Morgan fingerprint density at radius 3 is 2.84 bits per heavy atom. The number of rotatable bonds is 6. The molecule has 1 aromatic carbocycles. The van der Waals surface area contributed by atoms with Crippen LogP contribution in [0.5, 0.6) is 0 Å². The van der Waals surface area contributed by atoms with Gasteiger partial charge in [0, 0.05) is 6.61 Å². The number of hydrogen-bond acceptors (Lipinski definition) is 5. The van der Waals surface area contributed by atoms with Crippen molar-refractivity contribution in [3.05, 3.63) is 40.9 Å². The van der Waals surface area contributed by atoms with E-state index in [9.17, 15) is 4.79 Å². The normalized spacial score (nSPS) is 10.4. The lowest BCUT2D eigenvalue weighted by Crippen LogP contribution is -2.14. The molecule has 0 bridgehead atoms. The molecule has 19 heavy (non-hydrogen) atoms. The number of ether oxygens (including phenoxy) is 1. The molecule has 5 nitrogen and oxygen atoms in total. The van der Waals surface area contributed by atoms with Crippen LogP contribution in [0, 0.1) is 0 Å². The van der Waals surface area contributed by atoms with Gasteiger partial charge in [0.05, 0.1) is 6.42 Å². The van der Waals surface area contributed by atoms with Crippen LogP contribution >= 0.6 is 11.3 Å². The molecule has 100 valence electrons. The van der Waals surface area contributed by atoms with Gasteiger partial charge in [-0.2, -0.15) is 0 Å². The van der Waals surface area contributed by atoms with E-state index in [2.05, 4.69) is 15.5 Å². The summed E-state index contributed by atoms with van der Waals surface area (Å²) < 4.78 is 5.23. The maximum Gasteiger partial charge on any atom is 0.230 e. The van der Waals surface area contributed by atoms with Crippen LogP contribution in [0.4, 0.5) is 5.13 Å². The zero-order valence-corrected chi connectivity index (χ0v) is 11.4. The molecule has 2 aromatic rings. The molecule has 0 atom stereocenters. The minimum absolute atomic E-state index is 0.0923. The Hall–Kier alpha value is -1.79. The van der Waals surface area contributed by atoms with Crippen molar-refractivity contribution in [2.24, 2.45) is 0 Å². The van der Waals surface area contributed by atoms with Crippen LogP contribution in [0.25, 0.3) is 0 Å². The van der Waals surface area contributed by atoms with Crippen molar-refractivity contribution in [1.82, 2.24) is 10.2 Å². The summed E-state index contributed by atoms with van der Waals surface area (Å²) in [4.78, 5) is 11.8. The molecule has 0 aliphatic carbocycles. The fourth-order valence-corrected chi connectivity index (χ4v) is 2.19. The van der Waals surface area contributed by atoms with E-state index in [1.807, 2.05) is 37.3 Å². The molecular formula is C13H15N3O2S. The molecule has 1 heterocycles. The monoisotopic (exact) mass is 277 g/mol. The molecule has 0 saturated heterocycles. The van der Waals surface area contributed by atoms with E-state index < -0.39 is 0 Å². The minimum Gasteiger partial charge on any atom is -0.374 e. The average Bonchev–Trinajstić information content (AvgIpc) is 2.85. The van der Waals surface area contributed by atoms with Crippen LogP contribution in [0.1, 0.15) is 17.5 Å². The van der Waals surface area contributed by atoms with Crippen LogP contribution < -0.4 is 5.32 Å². The highest BCUT2D eigenvalue weighted by Gasteiger charge is 2.08. The molecule has 0 aliphatic rings. The Bertz CT molecular complexity index is 528. The molecule has 0 spiro atoms. The number of carbonyl (C=O) groups is 1. The van der Waals surface area contributed by atoms with Crippen molar-refractivity contribution < 1.29 is 9.53 Å². The Kier molecular flexibility index (Phi) is 5.00. The third kappa shape index (κ3) is 4.42. The maximum atomic E-state index is 11.8. The molecule has 0 aliphatic heterocycles. The largest absolute Gasteiger partial charge is 0.374 e. The van der Waals surface area contributed by atoms with Gasteiger partial charge in [-0.1, -0.05) is 41.7 Å². The number of amides is 1. The topological polar surface area (TPSA) is 64.1 Å². The summed E-state index contributed by atoms with van der Waals surface area (Å²) in [7, 11) is 0. The summed E-state index contributed by atoms with van der Waals surface area (Å²) in [5.41, 5.74) is 0.971. The van der Waals surface area contributed by atoms with Gasteiger partial charge in [0.15, 0.2) is 0 Å². The van der Waals surface area contributed by atoms with E-state index in [0.717, 1.165) is 10.6 Å². The first-order valence-electron chi connectivity index (χ1n) is 6.02. The third-order valence-corrected chi connectivity index (χ3v) is 3.16. The summed E-state index contributed by atoms with van der Waals surface area (Å²) in [6, 6.07) is 9.58. The summed E-state index contributed by atoms with van der Waals surface area (Å²) in [6.45, 7) is 2.99. The molecule has 2 rings (SSSR count). The van der Waals surface area contributed by atoms with E-state index in [4.69, 9.17) is 4.74 Å². The van der Waals surface area contributed by atoms with Crippen LogP contribution in [0.15, 0.2) is 30.3 Å². The predicted octanol–water partition coefficient (Wildman–Crippen LogP) is 2.26. The van der Waals surface area contributed by atoms with Crippen LogP contribution in [-0.4, -0.2) is 22.7 Å². The molecule has 1 aromatic heterocycles. The molecule has 1 amide bonds. The second-order valence-electron chi connectivity index (χ2n) is 3.85. The van der Waals surface area contributed by atoms with E-state index in [1.165, 1.54) is 11.3 Å². The highest BCUT2D eigenvalue weighted by molar-refractivity contribution is 7.15. The highest BCUT2D eigenvalue weighted by Crippen LogP contribution is 2.16. The van der Waals surface area contributed by atoms with E-state index in [-0.39, 0.29) is 5.91 Å². The standard InChI is InChI=1S/C13H15N3O2S/c1-2-18-9-12-15-16-13(19-12)14-11(17)8-10-6-4-3-5-7-10/h3-7H,2,8-9H2,1H3,(H,14,16,17). The van der Waals surface area contributed by atoms with Gasteiger partial charge in [0.1, 0.15) is 11.6 Å². The molecule has 0 saturated carbocycles. The summed E-state index contributed by atoms with van der Waals surface area (Å²) >= 11 is 1.33. The Balaban J connectivity index is 1.86. The van der Waals surface area contributed by atoms with Gasteiger partial charge in [0.25, 0.3) is 0 Å². The van der Waals surface area contributed by atoms with E-state index in [0.29, 0.717) is 24.8 Å². The van der Waals surface area contributed by atoms with Crippen molar-refractivity contribution in [2.45, 2.75) is 20.0 Å². The number of anilines is 1. The fourth-order valence-electron chi connectivity index (χ4n) is 1.50. The summed E-state index contributed by atoms with van der Waals surface area (Å²) in [5, 5.41) is 11.9. The van der Waals surface area contributed by atoms with Gasteiger partial charge >= 0.3 is 0 Å². The number of hydrogen-bond donors (Lipinski definition) is 1. The smallest absolute Gasteiger partial charge is 0.230 e. The van der Waals surface area contributed by atoms with Gasteiger partial charge < -0.3 is 10.1 Å². The lowest BCUT2D eigenvalue weighted by molar-refractivity contribution is -0.115. The first-order valence-corrected chi connectivity index (χ1v) is 6.83. The number of benzene rings is 1. The predicted molar refractivity (Wildman–Crippen MR) is 74.0 cm³/mol. The molecular weight excluding hydrogens is 262 g/mol. The maximum absolute atomic E-state index is 11.8. The molecule has 0 radical (unpaired) electrons. The molecule has 1 N–H and O–H groups in total. The van der Waals surface area contributed by atoms with Gasteiger partial charge in [-0.3, -0.25) is 4.79 Å². The first kappa shape index (κ1) is 13.6. The molecule has 0 unspecified atom stereocenters. The van der Waals surface area contributed by atoms with Crippen LogP contribution in [-0.2, 0) is 22.6 Å². The van der Waals surface area contributed by atoms with E-state index in [1.54, 1.807) is 0 Å². The van der Waals surface area contributed by atoms with Crippen molar-refractivity contribution in [1.29, 1.82) is 0 Å². The second kappa shape index (κ2) is 6.96. The van der Waals surface area contributed by atoms with Crippen molar-refractivity contribution >= 4 is 22.4 Å². The van der Waals surface area contributed by atoms with E-state index >= 15 is 0 Å². The lowest BCUT2D eigenvalue weighted by Gasteiger charge is -2.00. The molecule has 0 fully saturated rings. The van der Waals surface area contributed by atoms with Crippen molar-refractivity contribution in [3.63, 3.8) is 0 Å². The summed E-state index contributed by atoms with van der Waals surface area (Å²) in [5.74, 6) is -0.0923. The zero-order valence-electron chi connectivity index (χ0n) is 10.6. The average molecular weight is 277 g/mol. The van der Waals surface area contributed by atoms with Gasteiger partial charge in [-0.25, -0.2) is 0 Å². The Morgan fingerprint density at radius 1 is 1.32 bits per heavy atom. The van der Waals surface area contributed by atoms with Gasteiger partial charge in [0.2, 0.25) is 11.0 Å². The first-order chi connectivity index (χ1) is 9.28. The van der Waals surface area contributed by atoms with Crippen LogP contribution in [0.3, 0.4) is 0 Å². The number of nitrogens with one attached hydrogen (secondary N) is 1. The number of nitrogens with zero attached hydrogens (tertiary/aromatic N) is 2. The fraction of sp³-hybridized carbons (Fsp3) is 0.308. The quantitative estimate of drug-likeness (QED) is 0.879. The van der Waals surface area contributed by atoms with Gasteiger partial charge in [-0.05, 0) is 12.5 Å². The zero-order chi connectivity index (χ0) is 13.5. The van der Waals surface area contributed by atoms with Crippen molar-refractivity contribution in [3.8, 4) is 0 Å².